The monoisotopic (exact) mass is 339 g/mol. The summed E-state index contributed by atoms with van der Waals surface area (Å²) in [7, 11) is 0. The first-order valence-electron chi connectivity index (χ1n) is 8.02. The topological polar surface area (TPSA) is 70.8 Å². The van der Waals surface area contributed by atoms with Gasteiger partial charge >= 0.3 is 12.1 Å². The lowest BCUT2D eigenvalue weighted by Gasteiger charge is -2.33. The first kappa shape index (κ1) is 18.5. The molecule has 23 heavy (non-hydrogen) atoms. The Balaban J connectivity index is 2.15. The van der Waals surface area contributed by atoms with Crippen molar-refractivity contribution in [2.45, 2.75) is 69.6 Å². The van der Waals surface area contributed by atoms with Crippen LogP contribution in [-0.2, 0) is 19.0 Å². The van der Waals surface area contributed by atoms with Crippen LogP contribution in [0.2, 0.25) is 0 Å². The van der Waals surface area contributed by atoms with Gasteiger partial charge in [0.05, 0.1) is 31.8 Å². The molecule has 1 aliphatic carbocycles. The van der Waals surface area contributed by atoms with E-state index in [9.17, 15) is 18.0 Å². The molecular weight excluding hydrogens is 315 g/mol. The number of nitrogens with two attached hydrogens (primary N) is 1. The summed E-state index contributed by atoms with van der Waals surface area (Å²) in [5, 5.41) is 0. The fraction of sp³-hybridized carbons (Fsp3) is 0.933. The van der Waals surface area contributed by atoms with Crippen LogP contribution in [-0.4, -0.2) is 49.7 Å². The van der Waals surface area contributed by atoms with E-state index >= 15 is 0 Å². The van der Waals surface area contributed by atoms with Gasteiger partial charge in [0.15, 0.2) is 0 Å². The predicted molar refractivity (Wildman–Crippen MR) is 75.6 cm³/mol. The molecule has 134 valence electrons. The van der Waals surface area contributed by atoms with Crippen molar-refractivity contribution in [2.24, 2.45) is 11.7 Å². The Bertz CT molecular complexity index is 399. The lowest BCUT2D eigenvalue weighted by atomic mass is 9.94. The van der Waals surface area contributed by atoms with Crippen molar-refractivity contribution in [3.05, 3.63) is 0 Å². The highest BCUT2D eigenvalue weighted by atomic mass is 19.4. The second kappa shape index (κ2) is 7.81. The number of ether oxygens (including phenoxy) is 3. The van der Waals surface area contributed by atoms with Crippen LogP contribution in [0.4, 0.5) is 13.2 Å². The van der Waals surface area contributed by atoms with Crippen LogP contribution in [0.1, 0.15) is 39.0 Å². The van der Waals surface area contributed by atoms with Crippen LogP contribution >= 0.6 is 0 Å². The molecule has 0 bridgehead atoms. The lowest BCUT2D eigenvalue weighted by molar-refractivity contribution is -0.183. The summed E-state index contributed by atoms with van der Waals surface area (Å²) in [4.78, 5) is 11.8. The van der Waals surface area contributed by atoms with Crippen molar-refractivity contribution in [3.63, 3.8) is 0 Å². The molecule has 8 heteroatoms. The highest BCUT2D eigenvalue weighted by Crippen LogP contribution is 2.33. The SMILES string of the molecule is C[C@@H]1OC(=O)[C@@H](N)COC[C@H](CC(F)(F)F)[C@H]1OC1CCCC1. The van der Waals surface area contributed by atoms with E-state index in [1.54, 1.807) is 6.92 Å². The number of halogens is 3. The third-order valence-corrected chi connectivity index (χ3v) is 4.31. The van der Waals surface area contributed by atoms with E-state index in [-0.39, 0.29) is 19.3 Å². The zero-order valence-corrected chi connectivity index (χ0v) is 13.2. The van der Waals surface area contributed by atoms with Crippen LogP contribution in [0, 0.1) is 5.92 Å². The minimum Gasteiger partial charge on any atom is -0.459 e. The van der Waals surface area contributed by atoms with Crippen LogP contribution in [0.25, 0.3) is 0 Å². The molecular formula is C15H24F3NO4. The Kier molecular flexibility index (Phi) is 6.27. The molecule has 0 aromatic heterocycles. The Morgan fingerprint density at radius 1 is 1.26 bits per heavy atom. The Morgan fingerprint density at radius 3 is 2.52 bits per heavy atom. The highest BCUT2D eigenvalue weighted by molar-refractivity contribution is 5.75. The summed E-state index contributed by atoms with van der Waals surface area (Å²) in [6.07, 6.45) is -3.50. The van der Waals surface area contributed by atoms with E-state index in [4.69, 9.17) is 19.9 Å². The van der Waals surface area contributed by atoms with Gasteiger partial charge in [-0.3, -0.25) is 4.79 Å². The van der Waals surface area contributed by atoms with Gasteiger partial charge in [-0.05, 0) is 19.8 Å². The number of cyclic esters (lactones) is 1. The number of esters is 1. The molecule has 2 rings (SSSR count). The summed E-state index contributed by atoms with van der Waals surface area (Å²) in [6.45, 7) is 1.24. The molecule has 2 aliphatic rings. The van der Waals surface area contributed by atoms with Crippen LogP contribution < -0.4 is 5.73 Å². The summed E-state index contributed by atoms with van der Waals surface area (Å²) >= 11 is 0. The maximum atomic E-state index is 12.9. The number of carbonyl (C=O) groups excluding carboxylic acids is 1. The standard InChI is InChI=1S/C15H24F3NO4/c1-9-13(23-11-4-2-3-5-11)10(6-15(16,17)18)7-21-8-12(19)14(20)22-9/h9-13H,2-8,19H2,1H3/t9-,10-,12-,13-/m0/s1. The molecule has 1 saturated carbocycles. The molecule has 0 unspecified atom stereocenters. The number of hydrogen-bond donors (Lipinski definition) is 1. The van der Waals surface area contributed by atoms with Crippen molar-refractivity contribution >= 4 is 5.97 Å². The van der Waals surface area contributed by atoms with E-state index in [1.165, 1.54) is 0 Å². The van der Waals surface area contributed by atoms with Crippen LogP contribution in [0.3, 0.4) is 0 Å². The van der Waals surface area contributed by atoms with Gasteiger partial charge in [-0.1, -0.05) is 12.8 Å². The largest absolute Gasteiger partial charge is 0.459 e. The van der Waals surface area contributed by atoms with Crippen LogP contribution in [0.15, 0.2) is 0 Å². The van der Waals surface area contributed by atoms with E-state index < -0.39 is 42.7 Å². The minimum atomic E-state index is -4.34. The fourth-order valence-electron chi connectivity index (χ4n) is 3.17. The Hall–Kier alpha value is -0.860. The smallest absolute Gasteiger partial charge is 0.389 e. The van der Waals surface area contributed by atoms with Crippen LogP contribution in [0.5, 0.6) is 0 Å². The third kappa shape index (κ3) is 5.61. The van der Waals surface area contributed by atoms with E-state index in [1.807, 2.05) is 0 Å². The second-order valence-corrected chi connectivity index (χ2v) is 6.37. The number of alkyl halides is 3. The maximum absolute atomic E-state index is 12.9. The molecule has 1 heterocycles. The average molecular weight is 339 g/mol. The fourth-order valence-corrected chi connectivity index (χ4v) is 3.17. The molecule has 2 N–H and O–H groups in total. The molecule has 0 spiro atoms. The predicted octanol–water partition coefficient (Wildman–Crippen LogP) is 2.17. The van der Waals surface area contributed by atoms with Gasteiger partial charge < -0.3 is 19.9 Å². The van der Waals surface area contributed by atoms with Gasteiger partial charge in [0, 0.05) is 5.92 Å². The summed E-state index contributed by atoms with van der Waals surface area (Å²) < 4.78 is 55.0. The molecule has 0 radical (unpaired) electrons. The third-order valence-electron chi connectivity index (χ3n) is 4.31. The van der Waals surface area contributed by atoms with Crippen molar-refractivity contribution in [3.8, 4) is 0 Å². The molecule has 0 aromatic carbocycles. The molecule has 0 amide bonds. The van der Waals surface area contributed by atoms with E-state index in [2.05, 4.69) is 0 Å². The van der Waals surface area contributed by atoms with Gasteiger partial charge in [-0.2, -0.15) is 13.2 Å². The lowest BCUT2D eigenvalue weighted by Crippen LogP contribution is -2.43. The summed E-state index contributed by atoms with van der Waals surface area (Å²) in [6, 6.07) is -0.991. The van der Waals surface area contributed by atoms with Gasteiger partial charge in [0.25, 0.3) is 0 Å². The van der Waals surface area contributed by atoms with Crippen molar-refractivity contribution < 1.29 is 32.2 Å². The molecule has 4 atom stereocenters. The Labute approximate surface area is 133 Å². The zero-order chi connectivity index (χ0) is 17.0. The molecule has 0 aromatic rings. The molecule has 5 nitrogen and oxygen atoms in total. The first-order valence-corrected chi connectivity index (χ1v) is 8.02. The first-order chi connectivity index (χ1) is 10.8. The van der Waals surface area contributed by atoms with Gasteiger partial charge in [-0.15, -0.1) is 0 Å². The maximum Gasteiger partial charge on any atom is 0.389 e. The van der Waals surface area contributed by atoms with Crippen molar-refractivity contribution in [1.82, 2.24) is 0 Å². The quantitative estimate of drug-likeness (QED) is 0.798. The van der Waals surface area contributed by atoms with Gasteiger partial charge in [-0.25, -0.2) is 0 Å². The molecule has 1 saturated heterocycles. The highest BCUT2D eigenvalue weighted by Gasteiger charge is 2.42. The van der Waals surface area contributed by atoms with E-state index in [0.29, 0.717) is 0 Å². The second-order valence-electron chi connectivity index (χ2n) is 6.37. The summed E-state index contributed by atoms with van der Waals surface area (Å²) in [5.41, 5.74) is 5.60. The number of carbonyl (C=O) groups is 1. The zero-order valence-electron chi connectivity index (χ0n) is 13.2. The number of rotatable bonds is 3. The molecule has 1 aliphatic heterocycles. The van der Waals surface area contributed by atoms with Gasteiger partial charge in [0.2, 0.25) is 0 Å². The average Bonchev–Trinajstić information content (AvgIpc) is 2.94. The van der Waals surface area contributed by atoms with Crippen molar-refractivity contribution in [2.75, 3.05) is 13.2 Å². The minimum absolute atomic E-state index is 0.0914. The van der Waals surface area contributed by atoms with E-state index in [0.717, 1.165) is 25.7 Å². The summed E-state index contributed by atoms with van der Waals surface area (Å²) in [5.74, 6) is -1.60. The Morgan fingerprint density at radius 2 is 1.91 bits per heavy atom. The van der Waals surface area contributed by atoms with Crippen molar-refractivity contribution in [1.29, 1.82) is 0 Å². The number of hydrogen-bond acceptors (Lipinski definition) is 5. The van der Waals surface area contributed by atoms with Gasteiger partial charge in [0.1, 0.15) is 12.1 Å². The molecule has 2 fully saturated rings. The normalized spacial score (nSPS) is 34.6.